The van der Waals surface area contributed by atoms with Gasteiger partial charge in [-0.05, 0) is 41.9 Å². The Morgan fingerprint density at radius 2 is 2.05 bits per heavy atom. The minimum Gasteiger partial charge on any atom is -0.453 e. The molecule has 1 aromatic heterocycles. The van der Waals surface area contributed by atoms with Crippen LogP contribution in [0.25, 0.3) is 0 Å². The van der Waals surface area contributed by atoms with Crippen LogP contribution in [-0.4, -0.2) is 6.54 Å². The van der Waals surface area contributed by atoms with Gasteiger partial charge in [-0.1, -0.05) is 19.1 Å². The van der Waals surface area contributed by atoms with E-state index in [-0.39, 0.29) is 5.22 Å². The highest BCUT2D eigenvalue weighted by Gasteiger charge is 2.31. The lowest BCUT2D eigenvalue weighted by Gasteiger charge is -2.19. The van der Waals surface area contributed by atoms with E-state index in [0.29, 0.717) is 17.7 Å². The number of hydrogen-bond donors (Lipinski definition) is 1. The average molecular weight is 304 g/mol. The molecule has 1 N–H and O–H groups in total. The van der Waals surface area contributed by atoms with Crippen LogP contribution in [0.15, 0.2) is 41.0 Å². The minimum atomic E-state index is -4.37. The monoisotopic (exact) mass is 303 g/mol. The topological polar surface area (TPSA) is 25.2 Å². The summed E-state index contributed by atoms with van der Waals surface area (Å²) in [5.41, 5.74) is 0.426. The lowest BCUT2D eigenvalue weighted by molar-refractivity contribution is -0.137. The zero-order chi connectivity index (χ0) is 14.8. The van der Waals surface area contributed by atoms with Gasteiger partial charge in [-0.15, -0.1) is 0 Å². The first-order valence-electron chi connectivity index (χ1n) is 6.07. The normalized spacial score (nSPS) is 13.4. The molecule has 2 nitrogen and oxygen atoms in total. The Bertz CT molecular complexity index is 580. The zero-order valence-corrected chi connectivity index (χ0v) is 11.4. The van der Waals surface area contributed by atoms with Crippen molar-refractivity contribution in [2.45, 2.75) is 19.1 Å². The zero-order valence-electron chi connectivity index (χ0n) is 10.7. The van der Waals surface area contributed by atoms with Crippen molar-refractivity contribution in [3.05, 3.63) is 58.5 Å². The van der Waals surface area contributed by atoms with Crippen molar-refractivity contribution in [2.24, 2.45) is 0 Å². The predicted octanol–water partition coefficient (Wildman–Crippen LogP) is 4.65. The quantitative estimate of drug-likeness (QED) is 0.889. The molecule has 0 saturated heterocycles. The largest absolute Gasteiger partial charge is 0.453 e. The lowest BCUT2D eigenvalue weighted by atomic mass is 9.99. The van der Waals surface area contributed by atoms with E-state index < -0.39 is 17.8 Å². The third-order valence-corrected chi connectivity index (χ3v) is 3.22. The van der Waals surface area contributed by atoms with Crippen LogP contribution in [0.3, 0.4) is 0 Å². The van der Waals surface area contributed by atoms with Crippen LogP contribution in [-0.2, 0) is 6.18 Å². The van der Waals surface area contributed by atoms with Crippen LogP contribution in [0.5, 0.6) is 0 Å². The summed E-state index contributed by atoms with van der Waals surface area (Å²) in [6.45, 7) is 2.46. The Kier molecular flexibility index (Phi) is 4.40. The fourth-order valence-corrected chi connectivity index (χ4v) is 2.24. The van der Waals surface area contributed by atoms with Crippen LogP contribution in [0.2, 0.25) is 5.22 Å². The number of benzene rings is 1. The number of rotatable bonds is 4. The second-order valence-electron chi connectivity index (χ2n) is 4.26. The van der Waals surface area contributed by atoms with Crippen LogP contribution in [0, 0.1) is 0 Å². The molecular weight excluding hydrogens is 291 g/mol. The fourth-order valence-electron chi connectivity index (χ4n) is 2.02. The van der Waals surface area contributed by atoms with Crippen molar-refractivity contribution in [3.8, 4) is 0 Å². The number of nitrogens with one attached hydrogen (secondary N) is 1. The van der Waals surface area contributed by atoms with E-state index >= 15 is 0 Å². The van der Waals surface area contributed by atoms with Crippen LogP contribution < -0.4 is 5.32 Å². The molecule has 108 valence electrons. The Hall–Kier alpha value is -1.46. The molecule has 0 amide bonds. The van der Waals surface area contributed by atoms with E-state index in [2.05, 4.69) is 5.32 Å². The molecule has 0 aliphatic rings. The maximum Gasteiger partial charge on any atom is 0.416 e. The van der Waals surface area contributed by atoms with Crippen LogP contribution in [0.1, 0.15) is 29.7 Å². The molecule has 0 saturated carbocycles. The molecule has 1 aromatic carbocycles. The molecule has 1 unspecified atom stereocenters. The summed E-state index contributed by atoms with van der Waals surface area (Å²) < 4.78 is 43.3. The van der Waals surface area contributed by atoms with Crippen molar-refractivity contribution >= 4 is 11.6 Å². The van der Waals surface area contributed by atoms with Gasteiger partial charge in [0, 0.05) is 5.56 Å². The lowest BCUT2D eigenvalue weighted by Crippen LogP contribution is -2.22. The van der Waals surface area contributed by atoms with Gasteiger partial charge in [-0.3, -0.25) is 0 Å². The first kappa shape index (κ1) is 14.9. The Labute approximate surface area is 119 Å². The highest BCUT2D eigenvalue weighted by molar-refractivity contribution is 6.29. The number of alkyl halides is 3. The average Bonchev–Trinajstić information content (AvgIpc) is 2.81. The SMILES string of the molecule is CCNC(c1cccc(C(F)(F)F)c1)c1ccoc1Cl. The predicted molar refractivity (Wildman–Crippen MR) is 70.7 cm³/mol. The second-order valence-corrected chi connectivity index (χ2v) is 4.61. The first-order chi connectivity index (χ1) is 9.43. The maximum atomic E-state index is 12.8. The van der Waals surface area contributed by atoms with Gasteiger partial charge in [0.1, 0.15) is 0 Å². The van der Waals surface area contributed by atoms with Gasteiger partial charge >= 0.3 is 6.18 Å². The third kappa shape index (κ3) is 3.16. The standard InChI is InChI=1S/C14H13ClF3NO/c1-2-19-12(11-6-7-20-13(11)15)9-4-3-5-10(8-9)14(16,17)18/h3-8,12,19H,2H2,1H3. The van der Waals surface area contributed by atoms with E-state index in [1.807, 2.05) is 6.92 Å². The molecule has 1 atom stereocenters. The smallest absolute Gasteiger partial charge is 0.416 e. The Morgan fingerprint density at radius 1 is 1.30 bits per heavy atom. The third-order valence-electron chi connectivity index (χ3n) is 2.91. The van der Waals surface area contributed by atoms with Crippen molar-refractivity contribution in [2.75, 3.05) is 6.54 Å². The highest BCUT2D eigenvalue weighted by Crippen LogP contribution is 2.34. The van der Waals surface area contributed by atoms with Gasteiger partial charge in [0.2, 0.25) is 0 Å². The first-order valence-corrected chi connectivity index (χ1v) is 6.44. The van der Waals surface area contributed by atoms with Gasteiger partial charge in [0.05, 0.1) is 17.9 Å². The second kappa shape index (κ2) is 5.89. The van der Waals surface area contributed by atoms with E-state index in [4.69, 9.17) is 16.0 Å². The Morgan fingerprint density at radius 3 is 2.60 bits per heavy atom. The summed E-state index contributed by atoms with van der Waals surface area (Å²) >= 11 is 5.92. The molecular formula is C14H13ClF3NO. The van der Waals surface area contributed by atoms with Crippen molar-refractivity contribution in [1.29, 1.82) is 0 Å². The number of furan rings is 1. The van der Waals surface area contributed by atoms with Crippen molar-refractivity contribution in [3.63, 3.8) is 0 Å². The van der Waals surface area contributed by atoms with Crippen LogP contribution in [0.4, 0.5) is 13.2 Å². The van der Waals surface area contributed by atoms with E-state index in [1.165, 1.54) is 12.3 Å². The van der Waals surface area contributed by atoms with Gasteiger partial charge in [0.15, 0.2) is 5.22 Å². The van der Waals surface area contributed by atoms with E-state index in [1.54, 1.807) is 12.1 Å². The molecule has 20 heavy (non-hydrogen) atoms. The fraction of sp³-hybridized carbons (Fsp3) is 0.286. The minimum absolute atomic E-state index is 0.174. The molecule has 2 aromatic rings. The van der Waals surface area contributed by atoms with Crippen molar-refractivity contribution < 1.29 is 17.6 Å². The molecule has 0 radical (unpaired) electrons. The number of halogens is 4. The highest BCUT2D eigenvalue weighted by atomic mass is 35.5. The van der Waals surface area contributed by atoms with Gasteiger partial charge in [0.25, 0.3) is 0 Å². The summed E-state index contributed by atoms with van der Waals surface area (Å²) in [7, 11) is 0. The molecule has 0 bridgehead atoms. The summed E-state index contributed by atoms with van der Waals surface area (Å²) in [6.07, 6.45) is -2.96. The van der Waals surface area contributed by atoms with Gasteiger partial charge in [-0.2, -0.15) is 13.2 Å². The Balaban J connectivity index is 2.43. The molecule has 1 heterocycles. The molecule has 0 aliphatic heterocycles. The van der Waals surface area contributed by atoms with Crippen LogP contribution >= 0.6 is 11.6 Å². The molecule has 6 heteroatoms. The molecule has 0 fully saturated rings. The van der Waals surface area contributed by atoms with E-state index in [0.717, 1.165) is 12.1 Å². The van der Waals surface area contributed by atoms with Crippen molar-refractivity contribution in [1.82, 2.24) is 5.32 Å². The van der Waals surface area contributed by atoms with Gasteiger partial charge in [-0.25, -0.2) is 0 Å². The molecule has 0 aliphatic carbocycles. The molecule has 2 rings (SSSR count). The summed E-state index contributed by atoms with van der Waals surface area (Å²) in [5.74, 6) is 0. The van der Waals surface area contributed by atoms with E-state index in [9.17, 15) is 13.2 Å². The summed E-state index contributed by atoms with van der Waals surface area (Å²) in [6, 6.07) is 6.40. The molecule has 0 spiro atoms. The maximum absolute atomic E-state index is 12.8. The van der Waals surface area contributed by atoms with Gasteiger partial charge < -0.3 is 9.73 Å². The summed E-state index contributed by atoms with van der Waals surface area (Å²) in [5, 5.41) is 3.28. The summed E-state index contributed by atoms with van der Waals surface area (Å²) in [4.78, 5) is 0. The number of hydrogen-bond acceptors (Lipinski definition) is 2.